The number of aliphatic hydroxyl groups is 1. The predicted octanol–water partition coefficient (Wildman–Crippen LogP) is 2.13. The Morgan fingerprint density at radius 3 is 2.89 bits per heavy atom. The number of hydrogen-bond donors (Lipinski definition) is 1. The minimum Gasteiger partial charge on any atom is -0.394 e. The number of ether oxygens (including phenoxy) is 1. The molecule has 1 aliphatic heterocycles. The maximum Gasteiger partial charge on any atom is 0.151 e. The number of carbonyl (C=O) groups excluding carboxylic acids is 1. The van der Waals surface area contributed by atoms with Crippen LogP contribution < -0.4 is 4.90 Å². The van der Waals surface area contributed by atoms with Gasteiger partial charge < -0.3 is 14.7 Å². The van der Waals surface area contributed by atoms with E-state index in [9.17, 15) is 9.90 Å². The number of aldehydes is 1. The number of hydrogen-bond acceptors (Lipinski definition) is 4. The molecule has 1 aromatic carbocycles. The molecule has 1 fully saturated rings. The highest BCUT2D eigenvalue weighted by Crippen LogP contribution is 2.28. The van der Waals surface area contributed by atoms with Gasteiger partial charge >= 0.3 is 0 Å². The number of rotatable bonds is 3. The zero-order chi connectivity index (χ0) is 14.0. The Kier molecular flexibility index (Phi) is 4.13. The van der Waals surface area contributed by atoms with E-state index in [1.54, 1.807) is 12.1 Å². The molecule has 1 aromatic rings. The number of morpholine rings is 1. The van der Waals surface area contributed by atoms with Crippen LogP contribution in [0.15, 0.2) is 18.2 Å². The quantitative estimate of drug-likeness (QED) is 0.864. The Bertz CT molecular complexity index is 476. The lowest BCUT2D eigenvalue weighted by Gasteiger charge is -2.43. The lowest BCUT2D eigenvalue weighted by molar-refractivity contribution is -0.101. The molecule has 19 heavy (non-hydrogen) atoms. The average molecular weight is 284 g/mol. The van der Waals surface area contributed by atoms with Crippen molar-refractivity contribution in [3.63, 3.8) is 0 Å². The molecule has 0 spiro atoms. The van der Waals surface area contributed by atoms with Gasteiger partial charge in [0.2, 0.25) is 0 Å². The summed E-state index contributed by atoms with van der Waals surface area (Å²) in [6, 6.07) is 5.35. The topological polar surface area (TPSA) is 49.8 Å². The van der Waals surface area contributed by atoms with Gasteiger partial charge in [-0.1, -0.05) is 11.6 Å². The lowest BCUT2D eigenvalue weighted by Crippen LogP contribution is -2.54. The van der Waals surface area contributed by atoms with E-state index in [2.05, 4.69) is 4.90 Å². The SMILES string of the molecule is CC1(C)CN(c2ccc(C=O)c(Cl)c2)CC(CO)O1. The van der Waals surface area contributed by atoms with E-state index in [1.165, 1.54) is 0 Å². The lowest BCUT2D eigenvalue weighted by atomic mass is 10.0. The van der Waals surface area contributed by atoms with Crippen molar-refractivity contribution in [1.29, 1.82) is 0 Å². The fourth-order valence-electron chi connectivity index (χ4n) is 2.40. The van der Waals surface area contributed by atoms with Crippen molar-refractivity contribution in [3.8, 4) is 0 Å². The van der Waals surface area contributed by atoms with Crippen molar-refractivity contribution in [3.05, 3.63) is 28.8 Å². The van der Waals surface area contributed by atoms with Gasteiger partial charge in [0.1, 0.15) is 0 Å². The molecule has 4 nitrogen and oxygen atoms in total. The second-order valence-corrected chi connectivity index (χ2v) is 5.79. The third-order valence-electron chi connectivity index (χ3n) is 3.16. The van der Waals surface area contributed by atoms with E-state index >= 15 is 0 Å². The van der Waals surface area contributed by atoms with Crippen LogP contribution in [-0.2, 0) is 4.74 Å². The summed E-state index contributed by atoms with van der Waals surface area (Å²) in [4.78, 5) is 12.9. The van der Waals surface area contributed by atoms with Crippen LogP contribution in [0.5, 0.6) is 0 Å². The van der Waals surface area contributed by atoms with E-state index in [-0.39, 0.29) is 18.3 Å². The largest absolute Gasteiger partial charge is 0.394 e. The average Bonchev–Trinajstić information content (AvgIpc) is 2.36. The maximum absolute atomic E-state index is 10.8. The Balaban J connectivity index is 2.25. The molecule has 0 bridgehead atoms. The normalized spacial score (nSPS) is 22.3. The molecule has 0 amide bonds. The Morgan fingerprint density at radius 2 is 2.32 bits per heavy atom. The standard InChI is InChI=1S/C14H18ClNO3/c1-14(2)9-16(6-12(8-18)19-14)11-4-3-10(7-17)13(15)5-11/h3-5,7,12,18H,6,8-9H2,1-2H3. The van der Waals surface area contributed by atoms with Crippen molar-refractivity contribution in [2.24, 2.45) is 0 Å². The summed E-state index contributed by atoms with van der Waals surface area (Å²) >= 11 is 6.05. The molecular weight excluding hydrogens is 266 g/mol. The van der Waals surface area contributed by atoms with Crippen molar-refractivity contribution in [2.45, 2.75) is 25.6 Å². The van der Waals surface area contributed by atoms with E-state index in [4.69, 9.17) is 16.3 Å². The first-order valence-corrected chi connectivity index (χ1v) is 6.61. The highest BCUT2D eigenvalue weighted by Gasteiger charge is 2.33. The molecule has 5 heteroatoms. The molecule has 104 valence electrons. The van der Waals surface area contributed by atoms with Gasteiger partial charge in [-0.25, -0.2) is 0 Å². The molecule has 0 aliphatic carbocycles. The van der Waals surface area contributed by atoms with Gasteiger partial charge in [-0.3, -0.25) is 4.79 Å². The summed E-state index contributed by atoms with van der Waals surface area (Å²) in [7, 11) is 0. The van der Waals surface area contributed by atoms with Crippen LogP contribution >= 0.6 is 11.6 Å². The van der Waals surface area contributed by atoms with Gasteiger partial charge in [-0.15, -0.1) is 0 Å². The maximum atomic E-state index is 10.8. The van der Waals surface area contributed by atoms with Gasteiger partial charge in [0.25, 0.3) is 0 Å². The molecule has 1 N–H and O–H groups in total. The minimum absolute atomic E-state index is 0.0138. The summed E-state index contributed by atoms with van der Waals surface area (Å²) in [6.07, 6.45) is 0.527. The van der Waals surface area contributed by atoms with Gasteiger partial charge in [0, 0.05) is 24.3 Å². The molecule has 1 atom stereocenters. The molecule has 1 aliphatic rings. The Morgan fingerprint density at radius 1 is 1.58 bits per heavy atom. The first kappa shape index (κ1) is 14.3. The van der Waals surface area contributed by atoms with Crippen LogP contribution in [0.4, 0.5) is 5.69 Å². The highest BCUT2D eigenvalue weighted by atomic mass is 35.5. The van der Waals surface area contributed by atoms with Crippen LogP contribution in [0.1, 0.15) is 24.2 Å². The molecule has 0 saturated carbocycles. The number of halogens is 1. The van der Waals surface area contributed by atoms with Crippen molar-refractivity contribution in [2.75, 3.05) is 24.6 Å². The second kappa shape index (κ2) is 5.49. The van der Waals surface area contributed by atoms with Crippen LogP contribution in [-0.4, -0.2) is 42.8 Å². The van der Waals surface area contributed by atoms with Gasteiger partial charge in [0.05, 0.1) is 23.3 Å². The number of carbonyl (C=O) groups is 1. The number of anilines is 1. The van der Waals surface area contributed by atoms with Crippen LogP contribution in [0.2, 0.25) is 5.02 Å². The smallest absolute Gasteiger partial charge is 0.151 e. The molecular formula is C14H18ClNO3. The highest BCUT2D eigenvalue weighted by molar-refractivity contribution is 6.33. The van der Waals surface area contributed by atoms with Crippen LogP contribution in [0.3, 0.4) is 0 Å². The zero-order valence-corrected chi connectivity index (χ0v) is 11.9. The molecule has 1 heterocycles. The zero-order valence-electron chi connectivity index (χ0n) is 11.1. The second-order valence-electron chi connectivity index (χ2n) is 5.39. The van der Waals surface area contributed by atoms with Crippen LogP contribution in [0.25, 0.3) is 0 Å². The van der Waals surface area contributed by atoms with Crippen molar-refractivity contribution >= 4 is 23.6 Å². The first-order chi connectivity index (χ1) is 8.95. The summed E-state index contributed by atoms with van der Waals surface area (Å²) in [5.74, 6) is 0. The number of nitrogens with zero attached hydrogens (tertiary/aromatic N) is 1. The Labute approximate surface area is 117 Å². The van der Waals surface area contributed by atoms with Crippen LogP contribution in [0, 0.1) is 0 Å². The summed E-state index contributed by atoms with van der Waals surface area (Å²) in [6.45, 7) is 5.28. The monoisotopic (exact) mass is 283 g/mol. The van der Waals surface area contributed by atoms with E-state index in [1.807, 2.05) is 19.9 Å². The summed E-state index contributed by atoms with van der Waals surface area (Å²) in [5.41, 5.74) is 1.09. The molecule has 0 radical (unpaired) electrons. The summed E-state index contributed by atoms with van der Waals surface area (Å²) < 4.78 is 5.77. The van der Waals surface area contributed by atoms with Gasteiger partial charge in [0.15, 0.2) is 6.29 Å². The predicted molar refractivity (Wildman–Crippen MR) is 75.1 cm³/mol. The summed E-state index contributed by atoms with van der Waals surface area (Å²) in [5, 5.41) is 9.74. The van der Waals surface area contributed by atoms with Crippen molar-refractivity contribution < 1.29 is 14.6 Å². The number of aliphatic hydroxyl groups excluding tert-OH is 1. The minimum atomic E-state index is -0.332. The first-order valence-electron chi connectivity index (χ1n) is 6.23. The van der Waals surface area contributed by atoms with Gasteiger partial charge in [-0.2, -0.15) is 0 Å². The third kappa shape index (κ3) is 3.26. The van der Waals surface area contributed by atoms with Crippen molar-refractivity contribution in [1.82, 2.24) is 0 Å². The fourth-order valence-corrected chi connectivity index (χ4v) is 2.62. The molecule has 1 saturated heterocycles. The number of benzene rings is 1. The van der Waals surface area contributed by atoms with E-state index in [0.29, 0.717) is 23.7 Å². The van der Waals surface area contributed by atoms with Gasteiger partial charge in [-0.05, 0) is 32.0 Å². The molecule has 2 rings (SSSR count). The molecule has 1 unspecified atom stereocenters. The van der Waals surface area contributed by atoms with E-state index in [0.717, 1.165) is 12.0 Å². The van der Waals surface area contributed by atoms with E-state index < -0.39 is 0 Å². The molecule has 0 aromatic heterocycles. The third-order valence-corrected chi connectivity index (χ3v) is 3.49. The fraction of sp³-hybridized carbons (Fsp3) is 0.500. The Hall–Kier alpha value is -1.10.